The average molecular weight is 294 g/mol. The summed E-state index contributed by atoms with van der Waals surface area (Å²) in [5, 5.41) is 0.566. The predicted molar refractivity (Wildman–Crippen MR) is 84.4 cm³/mol. The summed E-state index contributed by atoms with van der Waals surface area (Å²) in [5.74, 6) is 1.79. The van der Waals surface area contributed by atoms with E-state index in [4.69, 9.17) is 11.6 Å². The van der Waals surface area contributed by atoms with Gasteiger partial charge in [-0.25, -0.2) is 0 Å². The largest absolute Gasteiger partial charge is 0.303 e. The number of likely N-dealkylation sites (tertiary alicyclic amines) is 1. The molecule has 0 aromatic heterocycles. The minimum absolute atomic E-state index is 0.154. The average Bonchev–Trinajstić information content (AvgIpc) is 2.45. The Morgan fingerprint density at radius 3 is 2.55 bits per heavy atom. The first-order valence-corrected chi connectivity index (χ1v) is 7.96. The fourth-order valence-electron chi connectivity index (χ4n) is 2.92. The molecule has 0 atom stereocenters. The number of piperidine rings is 1. The zero-order chi connectivity index (χ0) is 14.5. The second-order valence-corrected chi connectivity index (χ2v) is 6.48. The molecule has 1 aromatic carbocycles. The van der Waals surface area contributed by atoms with E-state index in [0.29, 0.717) is 17.0 Å². The molecule has 110 valence electrons. The Balaban J connectivity index is 1.79. The number of Topliss-reactive ketones (excluding diaryl/α,β-unsaturated/α-hetero) is 1. The van der Waals surface area contributed by atoms with Crippen LogP contribution >= 0.6 is 11.6 Å². The van der Waals surface area contributed by atoms with E-state index in [2.05, 4.69) is 18.7 Å². The van der Waals surface area contributed by atoms with E-state index in [1.54, 1.807) is 6.07 Å². The van der Waals surface area contributed by atoms with Crippen LogP contribution in [0.25, 0.3) is 0 Å². The van der Waals surface area contributed by atoms with Gasteiger partial charge >= 0.3 is 0 Å². The summed E-state index contributed by atoms with van der Waals surface area (Å²) in [6, 6.07) is 7.32. The Hall–Kier alpha value is -0.860. The van der Waals surface area contributed by atoms with Gasteiger partial charge in [0.2, 0.25) is 0 Å². The first kappa shape index (κ1) is 15.5. The van der Waals surface area contributed by atoms with E-state index in [-0.39, 0.29) is 5.78 Å². The van der Waals surface area contributed by atoms with Gasteiger partial charge in [0.25, 0.3) is 0 Å². The first-order valence-electron chi connectivity index (χ1n) is 7.58. The molecule has 1 saturated heterocycles. The van der Waals surface area contributed by atoms with Crippen molar-refractivity contribution in [3.8, 4) is 0 Å². The van der Waals surface area contributed by atoms with Crippen molar-refractivity contribution in [2.45, 2.75) is 33.1 Å². The van der Waals surface area contributed by atoms with Gasteiger partial charge in [-0.2, -0.15) is 0 Å². The van der Waals surface area contributed by atoms with E-state index in [1.165, 1.54) is 12.8 Å². The topological polar surface area (TPSA) is 20.3 Å². The van der Waals surface area contributed by atoms with Crippen LogP contribution in [0.2, 0.25) is 5.02 Å². The van der Waals surface area contributed by atoms with Gasteiger partial charge in [0, 0.05) is 18.5 Å². The molecule has 1 aliphatic rings. The number of nitrogens with zero attached hydrogens (tertiary/aromatic N) is 1. The van der Waals surface area contributed by atoms with Crippen molar-refractivity contribution in [3.05, 3.63) is 34.9 Å². The Kier molecular flexibility index (Phi) is 5.62. The van der Waals surface area contributed by atoms with E-state index in [0.717, 1.165) is 31.5 Å². The van der Waals surface area contributed by atoms with Crippen molar-refractivity contribution < 1.29 is 4.79 Å². The first-order chi connectivity index (χ1) is 9.58. The van der Waals surface area contributed by atoms with Gasteiger partial charge in [-0.05, 0) is 49.9 Å². The lowest BCUT2D eigenvalue weighted by Crippen LogP contribution is -2.36. The van der Waals surface area contributed by atoms with Crippen molar-refractivity contribution >= 4 is 17.4 Å². The van der Waals surface area contributed by atoms with Crippen molar-refractivity contribution in [2.24, 2.45) is 11.8 Å². The zero-order valence-corrected chi connectivity index (χ0v) is 13.2. The maximum Gasteiger partial charge on any atom is 0.165 e. The maximum atomic E-state index is 12.2. The second kappa shape index (κ2) is 7.24. The van der Waals surface area contributed by atoms with Gasteiger partial charge in [0.05, 0.1) is 5.02 Å². The lowest BCUT2D eigenvalue weighted by atomic mass is 9.86. The molecule has 1 fully saturated rings. The number of ketones is 1. The van der Waals surface area contributed by atoms with Gasteiger partial charge in [0.15, 0.2) is 5.78 Å². The summed E-state index contributed by atoms with van der Waals surface area (Å²) in [6.45, 7) is 7.72. The fourth-order valence-corrected chi connectivity index (χ4v) is 3.17. The molecule has 0 aliphatic carbocycles. The molecule has 0 spiro atoms. The number of carbonyl (C=O) groups is 1. The molecule has 20 heavy (non-hydrogen) atoms. The third kappa shape index (κ3) is 4.07. The highest BCUT2D eigenvalue weighted by Crippen LogP contribution is 2.24. The number of benzene rings is 1. The summed E-state index contributed by atoms with van der Waals surface area (Å²) < 4.78 is 0. The van der Waals surface area contributed by atoms with Crippen LogP contribution in [-0.2, 0) is 0 Å². The Labute approximate surface area is 127 Å². The number of rotatable bonds is 5. The van der Waals surface area contributed by atoms with Crippen LogP contribution in [0.5, 0.6) is 0 Å². The second-order valence-electron chi connectivity index (χ2n) is 6.08. The zero-order valence-electron chi connectivity index (χ0n) is 12.4. The molecule has 1 aromatic rings. The minimum Gasteiger partial charge on any atom is -0.303 e. The molecule has 0 bridgehead atoms. The van der Waals surface area contributed by atoms with Crippen LogP contribution < -0.4 is 0 Å². The van der Waals surface area contributed by atoms with Crippen LogP contribution in [0, 0.1) is 11.8 Å². The van der Waals surface area contributed by atoms with Crippen LogP contribution in [0.1, 0.15) is 43.5 Å². The fraction of sp³-hybridized carbons (Fsp3) is 0.588. The molecule has 3 heteroatoms. The van der Waals surface area contributed by atoms with Crippen LogP contribution in [0.3, 0.4) is 0 Å². The molecule has 2 nitrogen and oxygen atoms in total. The van der Waals surface area contributed by atoms with Gasteiger partial charge in [0.1, 0.15) is 0 Å². The van der Waals surface area contributed by atoms with Crippen LogP contribution in [0.4, 0.5) is 0 Å². The Bertz CT molecular complexity index is 450. The highest BCUT2D eigenvalue weighted by molar-refractivity contribution is 6.33. The molecular weight excluding hydrogens is 270 g/mol. The van der Waals surface area contributed by atoms with E-state index in [9.17, 15) is 4.79 Å². The third-order valence-corrected chi connectivity index (χ3v) is 4.73. The van der Waals surface area contributed by atoms with Crippen molar-refractivity contribution in [2.75, 3.05) is 19.6 Å². The summed E-state index contributed by atoms with van der Waals surface area (Å²) in [7, 11) is 0. The molecule has 0 radical (unpaired) electrons. The van der Waals surface area contributed by atoms with Gasteiger partial charge in [-0.15, -0.1) is 0 Å². The van der Waals surface area contributed by atoms with Crippen LogP contribution in [0.15, 0.2) is 24.3 Å². The van der Waals surface area contributed by atoms with E-state index < -0.39 is 0 Å². The Morgan fingerprint density at radius 1 is 1.30 bits per heavy atom. The van der Waals surface area contributed by atoms with Crippen molar-refractivity contribution in [3.63, 3.8) is 0 Å². The molecule has 2 rings (SSSR count). The van der Waals surface area contributed by atoms with E-state index in [1.807, 2.05) is 18.2 Å². The number of hydrogen-bond acceptors (Lipinski definition) is 2. The van der Waals surface area contributed by atoms with Crippen LogP contribution in [-0.4, -0.2) is 30.3 Å². The maximum absolute atomic E-state index is 12.2. The normalized spacial score (nSPS) is 17.6. The molecule has 1 heterocycles. The molecule has 0 unspecified atom stereocenters. The smallest absolute Gasteiger partial charge is 0.165 e. The predicted octanol–water partition coefficient (Wildman–Crippen LogP) is 4.28. The highest BCUT2D eigenvalue weighted by Gasteiger charge is 2.22. The van der Waals surface area contributed by atoms with Gasteiger partial charge in [-0.1, -0.05) is 37.6 Å². The lowest BCUT2D eigenvalue weighted by Gasteiger charge is -2.33. The highest BCUT2D eigenvalue weighted by atomic mass is 35.5. The van der Waals surface area contributed by atoms with E-state index >= 15 is 0 Å². The lowest BCUT2D eigenvalue weighted by molar-refractivity contribution is 0.0943. The summed E-state index contributed by atoms with van der Waals surface area (Å²) in [6.07, 6.45) is 3.09. The minimum atomic E-state index is 0.154. The quantitative estimate of drug-likeness (QED) is 0.755. The van der Waals surface area contributed by atoms with Gasteiger partial charge in [-0.3, -0.25) is 4.79 Å². The number of carbonyl (C=O) groups excluding carboxylic acids is 1. The summed E-state index contributed by atoms with van der Waals surface area (Å²) in [4.78, 5) is 14.6. The summed E-state index contributed by atoms with van der Waals surface area (Å²) >= 11 is 6.06. The standard InChI is InChI=1S/C17H24ClNO/c1-13(2)14-7-10-19(11-8-14)12-9-17(20)15-5-3-4-6-16(15)18/h3-6,13-14H,7-12H2,1-2H3. The SMILES string of the molecule is CC(C)C1CCN(CCC(=O)c2ccccc2Cl)CC1. The Morgan fingerprint density at radius 2 is 1.95 bits per heavy atom. The summed E-state index contributed by atoms with van der Waals surface area (Å²) in [5.41, 5.74) is 0.659. The molecule has 1 aliphatic heterocycles. The molecule has 0 saturated carbocycles. The third-order valence-electron chi connectivity index (χ3n) is 4.40. The number of halogens is 1. The molecule has 0 N–H and O–H groups in total. The molecular formula is C17H24ClNO. The number of hydrogen-bond donors (Lipinski definition) is 0. The van der Waals surface area contributed by atoms with Crippen molar-refractivity contribution in [1.82, 2.24) is 4.90 Å². The molecule has 0 amide bonds. The van der Waals surface area contributed by atoms with Gasteiger partial charge < -0.3 is 4.90 Å². The van der Waals surface area contributed by atoms with Crippen molar-refractivity contribution in [1.29, 1.82) is 0 Å². The monoisotopic (exact) mass is 293 g/mol.